The van der Waals surface area contributed by atoms with Gasteiger partial charge in [0.05, 0.1) is 6.04 Å². The van der Waals surface area contributed by atoms with Gasteiger partial charge in [-0.15, -0.1) is 0 Å². The first-order chi connectivity index (χ1) is 12.7. The van der Waals surface area contributed by atoms with Gasteiger partial charge in [-0.3, -0.25) is 0 Å². The van der Waals surface area contributed by atoms with Crippen molar-refractivity contribution in [3.63, 3.8) is 0 Å². The molecule has 0 bridgehead atoms. The van der Waals surface area contributed by atoms with Crippen molar-refractivity contribution in [1.82, 2.24) is 4.90 Å². The van der Waals surface area contributed by atoms with E-state index >= 15 is 0 Å². The number of hydrogen-bond acceptors (Lipinski definition) is 2. The van der Waals surface area contributed by atoms with Crippen LogP contribution in [0, 0.1) is 23.7 Å². The van der Waals surface area contributed by atoms with Crippen LogP contribution in [0.2, 0.25) is 0 Å². The van der Waals surface area contributed by atoms with Crippen molar-refractivity contribution < 1.29 is 0 Å². The average Bonchev–Trinajstić information content (AvgIpc) is 3.13. The molecule has 0 aromatic heterocycles. The van der Waals surface area contributed by atoms with Crippen LogP contribution in [0.5, 0.6) is 0 Å². The number of para-hydroxylation sites is 1. The van der Waals surface area contributed by atoms with E-state index < -0.39 is 0 Å². The number of benzene rings is 1. The predicted molar refractivity (Wildman–Crippen MR) is 116 cm³/mol. The third-order valence-electron chi connectivity index (χ3n) is 7.66. The van der Waals surface area contributed by atoms with Crippen molar-refractivity contribution >= 4 is 5.69 Å². The Labute approximate surface area is 166 Å². The van der Waals surface area contributed by atoms with Crippen molar-refractivity contribution in [2.75, 3.05) is 4.90 Å². The van der Waals surface area contributed by atoms with Gasteiger partial charge >= 0.3 is 0 Å². The summed E-state index contributed by atoms with van der Waals surface area (Å²) in [6.45, 7) is 14.5. The molecule has 27 heavy (non-hydrogen) atoms. The van der Waals surface area contributed by atoms with E-state index in [0.29, 0.717) is 23.7 Å². The van der Waals surface area contributed by atoms with Crippen LogP contribution < -0.4 is 4.90 Å². The third-order valence-corrected chi connectivity index (χ3v) is 7.66. The fourth-order valence-corrected chi connectivity index (χ4v) is 6.45. The fourth-order valence-electron chi connectivity index (χ4n) is 6.45. The molecule has 1 aliphatic carbocycles. The Hall–Kier alpha value is -1.44. The van der Waals surface area contributed by atoms with Gasteiger partial charge < -0.3 is 9.80 Å². The third kappa shape index (κ3) is 2.91. The number of hydrogen-bond donors (Lipinski definition) is 0. The lowest BCUT2D eigenvalue weighted by atomic mass is 9.65. The molecular weight excluding hydrogens is 328 g/mol. The van der Waals surface area contributed by atoms with Crippen LogP contribution in [0.25, 0.3) is 0 Å². The molecule has 0 spiro atoms. The Morgan fingerprint density at radius 3 is 2.33 bits per heavy atom. The summed E-state index contributed by atoms with van der Waals surface area (Å²) in [5, 5.41) is 0. The summed E-state index contributed by atoms with van der Waals surface area (Å²) in [6.07, 6.45) is 12.5. The quantitative estimate of drug-likeness (QED) is 0.601. The van der Waals surface area contributed by atoms with E-state index in [9.17, 15) is 0 Å². The average molecular weight is 367 g/mol. The van der Waals surface area contributed by atoms with Gasteiger partial charge in [-0.2, -0.15) is 0 Å². The second-order valence-electron chi connectivity index (χ2n) is 10.6. The Morgan fingerprint density at radius 2 is 1.70 bits per heavy atom. The molecule has 148 valence electrons. The molecule has 0 radical (unpaired) electrons. The minimum absolute atomic E-state index is 0.188. The zero-order valence-corrected chi connectivity index (χ0v) is 18.2. The normalized spacial score (nSPS) is 34.4. The van der Waals surface area contributed by atoms with E-state index in [1.165, 1.54) is 43.4 Å². The Morgan fingerprint density at radius 1 is 1.04 bits per heavy atom. The molecule has 2 aliphatic heterocycles. The van der Waals surface area contributed by atoms with E-state index in [-0.39, 0.29) is 5.41 Å². The van der Waals surface area contributed by atoms with Crippen LogP contribution in [-0.2, 0) is 0 Å². The van der Waals surface area contributed by atoms with Crippen molar-refractivity contribution in [2.45, 2.75) is 91.9 Å². The summed E-state index contributed by atoms with van der Waals surface area (Å²) < 4.78 is 0. The number of fused-ring (bicyclic) bond motifs is 1. The Bertz CT molecular complexity index is 709. The lowest BCUT2D eigenvalue weighted by Crippen LogP contribution is -2.48. The number of aryl methyl sites for hydroxylation is 1. The van der Waals surface area contributed by atoms with Gasteiger partial charge in [-0.25, -0.2) is 0 Å². The highest BCUT2D eigenvalue weighted by Gasteiger charge is 2.58. The number of anilines is 1. The number of nitrogens with zero attached hydrogens (tertiary/aromatic N) is 2. The number of rotatable bonds is 2. The molecule has 0 N–H and O–H groups in total. The molecule has 1 aromatic carbocycles. The van der Waals surface area contributed by atoms with Crippen LogP contribution in [0.1, 0.15) is 72.3 Å². The van der Waals surface area contributed by atoms with Gasteiger partial charge in [-0.05, 0) is 50.4 Å². The summed E-state index contributed by atoms with van der Waals surface area (Å²) >= 11 is 0. The molecule has 0 amide bonds. The lowest BCUT2D eigenvalue weighted by Gasteiger charge is -2.43. The first-order valence-corrected chi connectivity index (χ1v) is 11.1. The van der Waals surface area contributed by atoms with E-state index in [2.05, 4.69) is 87.9 Å². The smallest absolute Gasteiger partial charge is 0.107 e. The SMILES string of the molecule is Cc1ccccc1N1C(C(C)(C)C)N2C=CC(C)(C3CCCCC3)C2[C@@H]1C. The highest BCUT2D eigenvalue weighted by atomic mass is 15.5. The predicted octanol–water partition coefficient (Wildman–Crippen LogP) is 6.36. The summed E-state index contributed by atoms with van der Waals surface area (Å²) in [5.74, 6) is 0.831. The minimum atomic E-state index is 0.188. The van der Waals surface area contributed by atoms with E-state index in [1.54, 1.807) is 0 Å². The first-order valence-electron chi connectivity index (χ1n) is 11.1. The molecule has 2 fully saturated rings. The molecule has 1 aromatic rings. The molecule has 3 aliphatic rings. The maximum absolute atomic E-state index is 2.74. The summed E-state index contributed by atoms with van der Waals surface area (Å²) in [5.41, 5.74) is 3.29. The van der Waals surface area contributed by atoms with Crippen molar-refractivity contribution in [3.8, 4) is 0 Å². The van der Waals surface area contributed by atoms with Crippen LogP contribution in [0.4, 0.5) is 5.69 Å². The van der Waals surface area contributed by atoms with Gasteiger partial charge in [0.1, 0.15) is 6.17 Å². The zero-order valence-electron chi connectivity index (χ0n) is 18.2. The molecule has 4 rings (SSSR count). The van der Waals surface area contributed by atoms with Gasteiger partial charge in [0.2, 0.25) is 0 Å². The molecule has 1 saturated carbocycles. The first kappa shape index (κ1) is 18.9. The maximum Gasteiger partial charge on any atom is 0.107 e. The standard InChI is InChI=1S/C25H38N2/c1-18-12-10-11-15-21(18)27-19(2)22-25(6,20-13-8-7-9-14-20)16-17-26(22)23(27)24(3,4)5/h10-12,15-17,19-20,22-23H,7-9,13-14H2,1-6H3/t19-,22?,23?,25?/m0/s1. The fraction of sp³-hybridized carbons (Fsp3) is 0.680. The van der Waals surface area contributed by atoms with Crippen molar-refractivity contribution in [3.05, 3.63) is 42.1 Å². The van der Waals surface area contributed by atoms with Crippen LogP contribution in [0.15, 0.2) is 36.5 Å². The molecule has 3 unspecified atom stereocenters. The van der Waals surface area contributed by atoms with Gasteiger partial charge in [0, 0.05) is 22.6 Å². The van der Waals surface area contributed by atoms with E-state index in [0.717, 1.165) is 5.92 Å². The molecule has 1 saturated heterocycles. The maximum atomic E-state index is 2.74. The Balaban J connectivity index is 1.77. The summed E-state index contributed by atoms with van der Waals surface area (Å²) in [7, 11) is 0. The lowest BCUT2D eigenvalue weighted by molar-refractivity contribution is 0.0823. The molecule has 2 heteroatoms. The van der Waals surface area contributed by atoms with Crippen molar-refractivity contribution in [1.29, 1.82) is 0 Å². The molecule has 4 atom stereocenters. The minimum Gasteiger partial charge on any atom is -0.351 e. The zero-order chi connectivity index (χ0) is 19.4. The van der Waals surface area contributed by atoms with E-state index in [4.69, 9.17) is 0 Å². The second kappa shape index (κ2) is 6.57. The summed E-state index contributed by atoms with van der Waals surface area (Å²) in [4.78, 5) is 5.47. The van der Waals surface area contributed by atoms with Gasteiger partial charge in [0.15, 0.2) is 0 Å². The van der Waals surface area contributed by atoms with Crippen LogP contribution in [0.3, 0.4) is 0 Å². The topological polar surface area (TPSA) is 6.48 Å². The second-order valence-corrected chi connectivity index (χ2v) is 10.6. The Kier molecular flexibility index (Phi) is 4.60. The van der Waals surface area contributed by atoms with Crippen LogP contribution >= 0.6 is 0 Å². The summed E-state index contributed by atoms with van der Waals surface area (Å²) in [6, 6.07) is 10.0. The molecule has 2 heterocycles. The van der Waals surface area contributed by atoms with Gasteiger partial charge in [-0.1, -0.05) is 71.2 Å². The highest BCUT2D eigenvalue weighted by Crippen LogP contribution is 2.54. The molecular formula is C25H38N2. The monoisotopic (exact) mass is 366 g/mol. The van der Waals surface area contributed by atoms with Crippen molar-refractivity contribution in [2.24, 2.45) is 16.7 Å². The van der Waals surface area contributed by atoms with E-state index in [1.807, 2.05) is 0 Å². The van der Waals surface area contributed by atoms with Crippen LogP contribution in [-0.4, -0.2) is 23.1 Å². The molecule has 2 nitrogen and oxygen atoms in total. The largest absolute Gasteiger partial charge is 0.351 e. The highest BCUT2D eigenvalue weighted by molar-refractivity contribution is 5.57. The van der Waals surface area contributed by atoms with Gasteiger partial charge in [0.25, 0.3) is 0 Å².